The number of rotatable bonds is 4. The Morgan fingerprint density at radius 1 is 0.652 bits per heavy atom. The Hall–Kier alpha value is 0.949. The molecule has 4 atom stereocenters. The molecule has 2 heteroatoms. The second kappa shape index (κ2) is 1.18. The summed E-state index contributed by atoms with van der Waals surface area (Å²) >= 11 is 0. The molecule has 12 rings (SSSR count). The molecule has 10 heterocycles. The van der Waals surface area contributed by atoms with Gasteiger partial charge in [0.1, 0.15) is 0 Å². The van der Waals surface area contributed by atoms with Gasteiger partial charge in [-0.3, -0.25) is 0 Å². The molecule has 0 bridgehead atoms. The molecule has 0 N–H and O–H groups in total. The first-order chi connectivity index (χ1) is 11.1. The van der Waals surface area contributed by atoms with Gasteiger partial charge in [-0.2, -0.15) is 0 Å². The van der Waals surface area contributed by atoms with Crippen LogP contribution in [0.5, 0.6) is 0 Å². The van der Waals surface area contributed by atoms with Gasteiger partial charge in [-0.05, 0) is 0 Å². The second-order valence-electron chi connectivity index (χ2n) is 14.4. The molecule has 23 heavy (non-hydrogen) atoms. The van der Waals surface area contributed by atoms with Crippen molar-refractivity contribution >= 4 is 7.92 Å². The van der Waals surface area contributed by atoms with Crippen LogP contribution in [0.3, 0.4) is 0 Å². The van der Waals surface area contributed by atoms with E-state index in [2.05, 4.69) is 0 Å². The van der Waals surface area contributed by atoms with Crippen molar-refractivity contribution in [2.75, 3.05) is 6.16 Å². The van der Waals surface area contributed by atoms with Gasteiger partial charge in [0.05, 0.1) is 0 Å². The van der Waals surface area contributed by atoms with Gasteiger partial charge >= 0.3 is 131 Å². The summed E-state index contributed by atoms with van der Waals surface area (Å²) in [5, 5.41) is 0. The molecule has 12 fully saturated rings. The standard InChI is InChI=1S/C16H24P.C5H5.Fe/c1-2-8-14(7-1)13-17(15-9-3-4-10-15)16-11-5-6-12-16;1-2-4-5-3-1;/h1-2,7-8,15-16H,3-6,9-13H2;1-5H;. The van der Waals surface area contributed by atoms with E-state index in [4.69, 9.17) is 0 Å². The minimum atomic E-state index is -2.76. The van der Waals surface area contributed by atoms with Gasteiger partial charge in [0, 0.05) is 0 Å². The molecule has 0 aromatic carbocycles. The normalized spacial score (nSPS) is 100. The predicted molar refractivity (Wildman–Crippen MR) is 92.7 cm³/mol. The van der Waals surface area contributed by atoms with Crippen molar-refractivity contribution in [1.82, 2.24) is 0 Å². The summed E-state index contributed by atoms with van der Waals surface area (Å²) in [6.45, 7) is -2.76. The van der Waals surface area contributed by atoms with E-state index in [0.717, 1.165) is 0 Å². The molecule has 0 aromatic heterocycles. The summed E-state index contributed by atoms with van der Waals surface area (Å²) in [6.07, 6.45) is 15.1. The van der Waals surface area contributed by atoms with Crippen LogP contribution in [-0.4, -0.2) is 17.5 Å². The second-order valence-corrected chi connectivity index (χ2v) is 40.9. The Balaban J connectivity index is 1.12. The predicted octanol–water partition coefficient (Wildman–Crippen LogP) is 7.11. The van der Waals surface area contributed by atoms with Crippen LogP contribution in [0.4, 0.5) is 0 Å². The van der Waals surface area contributed by atoms with E-state index in [1.54, 1.807) is 94.7 Å². The summed E-state index contributed by atoms with van der Waals surface area (Å²) in [7, 11) is 0.466. The average molecular weight is 368 g/mol. The minimum absolute atomic E-state index is 0.466. The molecule has 4 unspecified atom stereocenters. The first-order valence-electron chi connectivity index (χ1n) is 11.1. The van der Waals surface area contributed by atoms with Gasteiger partial charge in [0.25, 0.3) is 0 Å². The Morgan fingerprint density at radius 2 is 1.09 bits per heavy atom. The van der Waals surface area contributed by atoms with Crippen molar-refractivity contribution in [3.8, 4) is 0 Å². The van der Waals surface area contributed by atoms with Crippen LogP contribution < -0.4 is 0 Å². The van der Waals surface area contributed by atoms with E-state index >= 15 is 0 Å². The molecule has 2 saturated carbocycles. The molecule has 10 saturated heterocycles. The molecule has 0 amide bonds. The van der Waals surface area contributed by atoms with Crippen LogP contribution in [0.1, 0.15) is 51.4 Å². The quantitative estimate of drug-likeness (QED) is 0.366. The summed E-state index contributed by atoms with van der Waals surface area (Å²) in [6, 6.07) is 0. The molecule has 10 aliphatic heterocycles. The molecule has 0 nitrogen and oxygen atoms in total. The van der Waals surface area contributed by atoms with Crippen molar-refractivity contribution in [1.29, 1.82) is 0 Å². The molecule has 2 aliphatic carbocycles. The summed E-state index contributed by atoms with van der Waals surface area (Å²) in [4.78, 5) is 14.2. The van der Waals surface area contributed by atoms with Gasteiger partial charge in [-0.15, -0.1) is 0 Å². The maximum absolute atomic E-state index is 2.76. The van der Waals surface area contributed by atoms with Crippen molar-refractivity contribution < 1.29 is 6.51 Å². The fraction of sp³-hybridized carbons (Fsp3) is 1.00. The zero-order valence-electron chi connectivity index (χ0n) is 14.0. The first kappa shape index (κ1) is 10.3. The van der Waals surface area contributed by atoms with Crippen LogP contribution in [0.25, 0.3) is 0 Å². The Labute approximate surface area is 131 Å². The van der Waals surface area contributed by atoms with Crippen LogP contribution in [0, 0.1) is 0 Å². The van der Waals surface area contributed by atoms with Crippen molar-refractivity contribution in [2.45, 2.75) is 110 Å². The van der Waals surface area contributed by atoms with Gasteiger partial charge in [0.2, 0.25) is 0 Å². The van der Waals surface area contributed by atoms with Crippen molar-refractivity contribution in [3.05, 3.63) is 0 Å². The molecule has 126 valence electrons. The van der Waals surface area contributed by atoms with E-state index in [0.29, 0.717) is 7.92 Å². The fourth-order valence-electron chi connectivity index (χ4n) is 20.4. The third kappa shape index (κ3) is 0.173. The molecular weight excluding hydrogens is 339 g/mol. The number of hydrogen-bond donors (Lipinski definition) is 0. The third-order valence-corrected chi connectivity index (χ3v) is 66.0. The van der Waals surface area contributed by atoms with Crippen molar-refractivity contribution in [2.24, 2.45) is 0 Å². The zero-order chi connectivity index (χ0) is 14.1. The molecule has 0 radical (unpaired) electrons. The topological polar surface area (TPSA) is 0 Å². The van der Waals surface area contributed by atoms with Crippen LogP contribution in [-0.2, 0) is 6.51 Å². The van der Waals surface area contributed by atoms with Crippen molar-refractivity contribution in [3.63, 3.8) is 0 Å². The van der Waals surface area contributed by atoms with Gasteiger partial charge in [0.15, 0.2) is 0 Å². The third-order valence-electron chi connectivity index (χ3n) is 19.0. The number of hydrogen-bond acceptors (Lipinski definition) is 0. The maximum atomic E-state index is 1.95. The van der Waals surface area contributed by atoms with E-state index < -0.39 is 6.51 Å². The SMILES string of the molecule is C1CCC(P(C[C]23[CH]4[CH]5[CH]6[CH]2[Fe]56432789[CH]3[CH]2[CH]7[CH]8[CH]39)C2CCCC2)C1. The Morgan fingerprint density at radius 3 is 1.39 bits per heavy atom. The van der Waals surface area contributed by atoms with Gasteiger partial charge in [-0.25, -0.2) is 0 Å². The fourth-order valence-corrected chi connectivity index (χ4v) is 102. The van der Waals surface area contributed by atoms with E-state index in [-0.39, 0.29) is 0 Å². The van der Waals surface area contributed by atoms with Gasteiger partial charge < -0.3 is 0 Å². The van der Waals surface area contributed by atoms with Crippen LogP contribution >= 0.6 is 7.92 Å². The van der Waals surface area contributed by atoms with E-state index in [1.165, 1.54) is 15.6 Å². The summed E-state index contributed by atoms with van der Waals surface area (Å²) in [5.74, 6) is 0. The van der Waals surface area contributed by atoms with Gasteiger partial charge in [-0.1, -0.05) is 0 Å². The molecular formula is C21H29FeP. The average Bonchev–Trinajstić information content (AvgIpc) is 3.45. The summed E-state index contributed by atoms with van der Waals surface area (Å²) < 4.78 is 1.26. The molecule has 1 spiro atoms. The monoisotopic (exact) mass is 368 g/mol. The Bertz CT molecular complexity index is 1010. The molecule has 12 aliphatic rings. The molecule has 0 aromatic rings. The zero-order valence-corrected chi connectivity index (χ0v) is 16.0. The first-order valence-corrected chi connectivity index (χ1v) is 19.0. The van der Waals surface area contributed by atoms with E-state index in [1.807, 2.05) is 6.16 Å². The Kier molecular flexibility index (Phi) is 0.528. The summed E-state index contributed by atoms with van der Waals surface area (Å²) in [5.41, 5.74) is 2.54. The van der Waals surface area contributed by atoms with Crippen LogP contribution in [0.15, 0.2) is 0 Å². The van der Waals surface area contributed by atoms with E-state index in [9.17, 15) is 0 Å². The van der Waals surface area contributed by atoms with Crippen LogP contribution in [0.2, 0.25) is 47.7 Å². The number of fused-ring (bicyclic) bond motifs is 10.